The highest BCUT2D eigenvalue weighted by molar-refractivity contribution is 7.92. The summed E-state index contributed by atoms with van der Waals surface area (Å²) in [6.07, 6.45) is 3.39. The summed E-state index contributed by atoms with van der Waals surface area (Å²) < 4.78 is 24.7. The van der Waals surface area contributed by atoms with E-state index in [4.69, 9.17) is 0 Å². The molecule has 0 aromatic heterocycles. The van der Waals surface area contributed by atoms with Crippen LogP contribution in [0.2, 0.25) is 0 Å². The molecule has 0 amide bonds. The van der Waals surface area contributed by atoms with Crippen LogP contribution in [0.25, 0.3) is 0 Å². The molecule has 1 aliphatic heterocycles. The zero-order chi connectivity index (χ0) is 11.8. The minimum atomic E-state index is -3.19. The van der Waals surface area contributed by atoms with Gasteiger partial charge in [0.15, 0.2) is 0 Å². The second-order valence-corrected chi connectivity index (χ2v) is 5.99. The normalized spacial score (nSPS) is 15.8. The van der Waals surface area contributed by atoms with Crippen molar-refractivity contribution in [1.29, 1.82) is 0 Å². The number of hydrogen-bond donors (Lipinski definition) is 1. The Balaban J connectivity index is 2.34. The number of benzene rings is 1. The van der Waals surface area contributed by atoms with Crippen molar-refractivity contribution in [2.75, 3.05) is 29.5 Å². The highest BCUT2D eigenvalue weighted by Crippen LogP contribution is 2.29. The van der Waals surface area contributed by atoms with Crippen LogP contribution in [0.1, 0.15) is 12.0 Å². The van der Waals surface area contributed by atoms with Gasteiger partial charge in [-0.2, -0.15) is 0 Å². The second kappa shape index (κ2) is 3.97. The first-order valence-corrected chi connectivity index (χ1v) is 7.17. The van der Waals surface area contributed by atoms with Crippen molar-refractivity contribution in [3.8, 4) is 0 Å². The number of sulfonamides is 1. The van der Waals surface area contributed by atoms with Gasteiger partial charge in [-0.1, -0.05) is 6.07 Å². The van der Waals surface area contributed by atoms with Crippen LogP contribution in [0.15, 0.2) is 18.2 Å². The van der Waals surface area contributed by atoms with Gasteiger partial charge in [-0.3, -0.25) is 4.72 Å². The zero-order valence-electron chi connectivity index (χ0n) is 9.53. The molecule has 0 aliphatic carbocycles. The van der Waals surface area contributed by atoms with Crippen molar-refractivity contribution in [3.63, 3.8) is 0 Å². The summed E-state index contributed by atoms with van der Waals surface area (Å²) in [5.74, 6) is 0. The molecule has 1 N–H and O–H groups in total. The van der Waals surface area contributed by atoms with Gasteiger partial charge in [0.2, 0.25) is 10.0 Å². The van der Waals surface area contributed by atoms with Gasteiger partial charge in [-0.15, -0.1) is 0 Å². The first-order chi connectivity index (χ1) is 7.46. The lowest BCUT2D eigenvalue weighted by molar-refractivity contribution is 0.607. The molecule has 0 saturated carbocycles. The zero-order valence-corrected chi connectivity index (χ0v) is 10.3. The Labute approximate surface area is 96.3 Å². The third kappa shape index (κ3) is 2.47. The Bertz CT molecular complexity index is 497. The van der Waals surface area contributed by atoms with Crippen molar-refractivity contribution in [2.45, 2.75) is 12.8 Å². The molecule has 0 fully saturated rings. The van der Waals surface area contributed by atoms with Crippen LogP contribution in [0.3, 0.4) is 0 Å². The quantitative estimate of drug-likeness (QED) is 0.851. The first kappa shape index (κ1) is 11.3. The minimum absolute atomic E-state index is 0.634. The summed E-state index contributed by atoms with van der Waals surface area (Å²) in [6.45, 7) is 1.02. The lowest BCUT2D eigenvalue weighted by atomic mass is 10.0. The lowest BCUT2D eigenvalue weighted by Gasteiger charge is -2.27. The highest BCUT2D eigenvalue weighted by atomic mass is 32.2. The highest BCUT2D eigenvalue weighted by Gasteiger charge is 2.14. The molecule has 2 rings (SSSR count). The Hall–Kier alpha value is -1.23. The Morgan fingerprint density at radius 3 is 2.81 bits per heavy atom. The van der Waals surface area contributed by atoms with Gasteiger partial charge in [0.1, 0.15) is 0 Å². The summed E-state index contributed by atoms with van der Waals surface area (Å²) in [7, 11) is -1.16. The van der Waals surface area contributed by atoms with Crippen LogP contribution in [-0.4, -0.2) is 28.3 Å². The molecule has 1 heterocycles. The molecule has 0 unspecified atom stereocenters. The van der Waals surface area contributed by atoms with Crippen LogP contribution < -0.4 is 9.62 Å². The van der Waals surface area contributed by atoms with Crippen LogP contribution >= 0.6 is 0 Å². The van der Waals surface area contributed by atoms with Gasteiger partial charge in [0, 0.05) is 19.3 Å². The standard InChI is InChI=1S/C11H16N2O2S/c1-13-7-3-4-9-5-6-10(8-11(9)13)12-16(2,14)15/h5-6,8,12H,3-4,7H2,1-2H3. The van der Waals surface area contributed by atoms with Gasteiger partial charge in [-0.25, -0.2) is 8.42 Å². The lowest BCUT2D eigenvalue weighted by Crippen LogP contribution is -2.24. The van der Waals surface area contributed by atoms with Gasteiger partial charge in [0.25, 0.3) is 0 Å². The first-order valence-electron chi connectivity index (χ1n) is 5.27. The fraction of sp³-hybridized carbons (Fsp3) is 0.455. The Morgan fingerprint density at radius 2 is 2.12 bits per heavy atom. The molecule has 4 nitrogen and oxygen atoms in total. The summed E-state index contributed by atoms with van der Waals surface area (Å²) >= 11 is 0. The topological polar surface area (TPSA) is 49.4 Å². The van der Waals surface area contributed by atoms with Crippen LogP contribution in [0.5, 0.6) is 0 Å². The predicted molar refractivity (Wildman–Crippen MR) is 66.5 cm³/mol. The average molecular weight is 240 g/mol. The van der Waals surface area contributed by atoms with E-state index in [0.29, 0.717) is 5.69 Å². The number of hydrogen-bond acceptors (Lipinski definition) is 3. The fourth-order valence-electron chi connectivity index (χ4n) is 2.04. The molecule has 1 aliphatic rings. The summed E-state index contributed by atoms with van der Waals surface area (Å²) in [5.41, 5.74) is 3.04. The van der Waals surface area contributed by atoms with E-state index in [1.165, 1.54) is 5.56 Å². The fourth-order valence-corrected chi connectivity index (χ4v) is 2.59. The van der Waals surface area contributed by atoms with Crippen molar-refractivity contribution in [1.82, 2.24) is 0 Å². The number of nitrogens with one attached hydrogen (secondary N) is 1. The van der Waals surface area contributed by atoms with E-state index in [1.807, 2.05) is 25.2 Å². The summed E-state index contributed by atoms with van der Waals surface area (Å²) in [5, 5.41) is 0. The van der Waals surface area contributed by atoms with Crippen LogP contribution in [-0.2, 0) is 16.4 Å². The Morgan fingerprint density at radius 1 is 1.38 bits per heavy atom. The number of rotatable bonds is 2. The molecule has 0 atom stereocenters. The molecule has 1 aromatic carbocycles. The maximum Gasteiger partial charge on any atom is 0.229 e. The maximum atomic E-state index is 11.1. The summed E-state index contributed by atoms with van der Waals surface area (Å²) in [6, 6.07) is 5.72. The number of aryl methyl sites for hydroxylation is 1. The smallest absolute Gasteiger partial charge is 0.229 e. The molecule has 0 bridgehead atoms. The van der Waals surface area contributed by atoms with Crippen molar-refractivity contribution < 1.29 is 8.42 Å². The van der Waals surface area contributed by atoms with E-state index in [0.717, 1.165) is 31.3 Å². The maximum absolute atomic E-state index is 11.1. The number of anilines is 2. The van der Waals surface area contributed by atoms with Gasteiger partial charge in [-0.05, 0) is 30.5 Å². The molecule has 88 valence electrons. The summed E-state index contributed by atoms with van der Waals surface area (Å²) in [4.78, 5) is 2.16. The van der Waals surface area contributed by atoms with Crippen molar-refractivity contribution in [2.24, 2.45) is 0 Å². The molecule has 5 heteroatoms. The molecule has 0 saturated heterocycles. The van der Waals surface area contributed by atoms with Crippen LogP contribution in [0, 0.1) is 0 Å². The largest absolute Gasteiger partial charge is 0.374 e. The molecule has 16 heavy (non-hydrogen) atoms. The van der Waals surface area contributed by atoms with E-state index >= 15 is 0 Å². The van der Waals surface area contributed by atoms with Crippen molar-refractivity contribution >= 4 is 21.4 Å². The average Bonchev–Trinajstić information content (AvgIpc) is 2.17. The van der Waals surface area contributed by atoms with Gasteiger partial charge >= 0.3 is 0 Å². The SMILES string of the molecule is CN1CCCc2ccc(NS(C)(=O)=O)cc21. The van der Waals surface area contributed by atoms with E-state index < -0.39 is 10.0 Å². The van der Waals surface area contributed by atoms with Crippen molar-refractivity contribution in [3.05, 3.63) is 23.8 Å². The third-order valence-electron chi connectivity index (χ3n) is 2.74. The van der Waals surface area contributed by atoms with Gasteiger partial charge in [0.05, 0.1) is 11.9 Å². The third-order valence-corrected chi connectivity index (χ3v) is 3.35. The van der Waals surface area contributed by atoms with E-state index in [9.17, 15) is 8.42 Å². The molecule has 1 aromatic rings. The van der Waals surface area contributed by atoms with E-state index in [1.54, 1.807) is 0 Å². The number of nitrogens with zero attached hydrogens (tertiary/aromatic N) is 1. The minimum Gasteiger partial charge on any atom is -0.374 e. The number of fused-ring (bicyclic) bond motifs is 1. The molecular formula is C11H16N2O2S. The van der Waals surface area contributed by atoms with E-state index in [2.05, 4.69) is 9.62 Å². The second-order valence-electron chi connectivity index (χ2n) is 4.24. The van der Waals surface area contributed by atoms with E-state index in [-0.39, 0.29) is 0 Å². The predicted octanol–water partition coefficient (Wildman–Crippen LogP) is 1.44. The molecular weight excluding hydrogens is 224 g/mol. The monoisotopic (exact) mass is 240 g/mol. The molecule has 0 radical (unpaired) electrons. The van der Waals surface area contributed by atoms with Crippen LogP contribution in [0.4, 0.5) is 11.4 Å². The Kier molecular flexibility index (Phi) is 2.80. The molecule has 0 spiro atoms. The van der Waals surface area contributed by atoms with Gasteiger partial charge < -0.3 is 4.90 Å².